The first kappa shape index (κ1) is 13.1. The van der Waals surface area contributed by atoms with Gasteiger partial charge < -0.3 is 9.73 Å². The van der Waals surface area contributed by atoms with Gasteiger partial charge >= 0.3 is 6.01 Å². The van der Waals surface area contributed by atoms with Crippen molar-refractivity contribution >= 4 is 29.2 Å². The second-order valence-corrected chi connectivity index (χ2v) is 5.35. The molecule has 1 fully saturated rings. The molecule has 104 valence electrons. The van der Waals surface area contributed by atoms with Crippen molar-refractivity contribution in [3.63, 3.8) is 0 Å². The summed E-state index contributed by atoms with van der Waals surface area (Å²) in [5.41, 5.74) is 0.932. The lowest BCUT2D eigenvalue weighted by atomic mass is 9.84. The van der Waals surface area contributed by atoms with Crippen LogP contribution >= 0.6 is 12.2 Å². The molecule has 0 unspecified atom stereocenters. The lowest BCUT2D eigenvalue weighted by Gasteiger charge is -2.22. The molecule has 2 aromatic heterocycles. The van der Waals surface area contributed by atoms with E-state index in [4.69, 9.17) is 16.6 Å². The fourth-order valence-electron chi connectivity index (χ4n) is 2.08. The molecule has 20 heavy (non-hydrogen) atoms. The summed E-state index contributed by atoms with van der Waals surface area (Å²) in [6.07, 6.45) is 5.42. The molecule has 3 rings (SSSR count). The number of pyridine rings is 1. The maximum atomic E-state index is 5.65. The molecule has 0 aliphatic heterocycles. The number of rotatable bonds is 3. The summed E-state index contributed by atoms with van der Waals surface area (Å²) in [6.45, 7) is 1.93. The second-order valence-electron chi connectivity index (χ2n) is 4.94. The van der Waals surface area contributed by atoms with Crippen LogP contribution in [-0.2, 0) is 0 Å². The summed E-state index contributed by atoms with van der Waals surface area (Å²) in [6, 6.07) is 6.14. The molecule has 0 atom stereocenters. The Morgan fingerprint density at radius 2 is 2.20 bits per heavy atom. The Morgan fingerprint density at radius 1 is 1.35 bits per heavy atom. The third kappa shape index (κ3) is 2.96. The fraction of sp³-hybridized carbons (Fsp3) is 0.357. The highest BCUT2D eigenvalue weighted by atomic mass is 32.1. The Balaban J connectivity index is 1.59. The topological polar surface area (TPSA) is 63.0 Å². The summed E-state index contributed by atoms with van der Waals surface area (Å²) in [7, 11) is 0. The lowest BCUT2D eigenvalue weighted by Crippen LogP contribution is -2.20. The van der Waals surface area contributed by atoms with Crippen molar-refractivity contribution in [1.29, 1.82) is 0 Å². The van der Waals surface area contributed by atoms with Gasteiger partial charge in [-0.25, -0.2) is 9.97 Å². The summed E-state index contributed by atoms with van der Waals surface area (Å²) in [5.74, 6) is 2.17. The van der Waals surface area contributed by atoms with Crippen LogP contribution < -0.4 is 10.6 Å². The molecule has 1 saturated carbocycles. The van der Waals surface area contributed by atoms with Crippen molar-refractivity contribution < 1.29 is 4.42 Å². The van der Waals surface area contributed by atoms with Crippen molar-refractivity contribution in [3.05, 3.63) is 35.9 Å². The smallest absolute Gasteiger partial charge is 0.301 e. The molecule has 0 aromatic carbocycles. The zero-order valence-electron chi connectivity index (χ0n) is 11.2. The van der Waals surface area contributed by atoms with Crippen LogP contribution in [0.4, 0.5) is 11.8 Å². The highest BCUT2D eigenvalue weighted by Gasteiger charge is 2.23. The van der Waals surface area contributed by atoms with Gasteiger partial charge in [-0.2, -0.15) is 0 Å². The van der Waals surface area contributed by atoms with Crippen LogP contribution in [-0.4, -0.2) is 15.1 Å². The van der Waals surface area contributed by atoms with E-state index in [0.29, 0.717) is 22.9 Å². The monoisotopic (exact) mass is 288 g/mol. The van der Waals surface area contributed by atoms with Gasteiger partial charge in [-0.1, -0.05) is 12.5 Å². The van der Waals surface area contributed by atoms with Crippen LogP contribution in [0.25, 0.3) is 0 Å². The number of aromatic nitrogens is 2. The summed E-state index contributed by atoms with van der Waals surface area (Å²) < 4.78 is 5.65. The summed E-state index contributed by atoms with van der Waals surface area (Å²) in [5, 5.41) is 6.36. The third-order valence-electron chi connectivity index (χ3n) is 3.38. The SMILES string of the molecule is Cc1cccc(NC(=S)Nc2ncc(C3CCC3)o2)n1. The first-order chi connectivity index (χ1) is 9.70. The van der Waals surface area contributed by atoms with Gasteiger partial charge in [0.05, 0.1) is 6.20 Å². The number of thiocarbonyl (C=S) groups is 1. The van der Waals surface area contributed by atoms with Crippen LogP contribution in [0.2, 0.25) is 0 Å². The van der Waals surface area contributed by atoms with Crippen LogP contribution in [0.5, 0.6) is 0 Å². The Labute approximate surface area is 122 Å². The van der Waals surface area contributed by atoms with Gasteiger partial charge in [0.15, 0.2) is 5.11 Å². The van der Waals surface area contributed by atoms with Crippen molar-refractivity contribution in [1.82, 2.24) is 9.97 Å². The van der Waals surface area contributed by atoms with E-state index in [2.05, 4.69) is 20.6 Å². The maximum absolute atomic E-state index is 5.65. The van der Waals surface area contributed by atoms with E-state index in [0.717, 1.165) is 11.5 Å². The average Bonchev–Trinajstić information content (AvgIpc) is 2.74. The number of anilines is 2. The number of hydrogen-bond donors (Lipinski definition) is 2. The normalized spacial score (nSPS) is 14.7. The van der Waals surface area contributed by atoms with E-state index in [1.807, 2.05) is 25.1 Å². The second kappa shape index (κ2) is 5.58. The molecule has 6 heteroatoms. The molecule has 0 bridgehead atoms. The van der Waals surface area contributed by atoms with E-state index < -0.39 is 0 Å². The van der Waals surface area contributed by atoms with Gasteiger partial charge in [0.1, 0.15) is 11.6 Å². The number of oxazole rings is 1. The lowest BCUT2D eigenvalue weighted by molar-refractivity contribution is 0.351. The summed E-state index contributed by atoms with van der Waals surface area (Å²) in [4.78, 5) is 8.51. The molecule has 0 spiro atoms. The van der Waals surface area contributed by atoms with Crippen LogP contribution in [0, 0.1) is 6.92 Å². The molecule has 2 heterocycles. The van der Waals surface area contributed by atoms with Crippen molar-refractivity contribution in [2.45, 2.75) is 32.1 Å². The highest BCUT2D eigenvalue weighted by Crippen LogP contribution is 2.37. The molecule has 0 radical (unpaired) electrons. The fourth-order valence-corrected chi connectivity index (χ4v) is 2.28. The van der Waals surface area contributed by atoms with Gasteiger partial charge in [-0.05, 0) is 44.1 Å². The number of aryl methyl sites for hydroxylation is 1. The van der Waals surface area contributed by atoms with Gasteiger partial charge in [-0.15, -0.1) is 0 Å². The Bertz CT molecular complexity index is 621. The average molecular weight is 288 g/mol. The standard InChI is InChI=1S/C14H16N4OS/c1-9-4-2-7-12(16-9)17-14(20)18-13-15-8-11(19-13)10-5-3-6-10/h2,4,7-8,10H,3,5-6H2,1H3,(H2,15,16,17,18,20). The quantitative estimate of drug-likeness (QED) is 0.843. The van der Waals surface area contributed by atoms with Gasteiger partial charge in [0, 0.05) is 11.6 Å². The molecule has 0 amide bonds. The van der Waals surface area contributed by atoms with Gasteiger partial charge in [-0.3, -0.25) is 5.32 Å². The Hall–Kier alpha value is -1.95. The zero-order chi connectivity index (χ0) is 13.9. The van der Waals surface area contributed by atoms with E-state index in [1.54, 1.807) is 6.20 Å². The van der Waals surface area contributed by atoms with Crippen LogP contribution in [0.15, 0.2) is 28.8 Å². The zero-order valence-corrected chi connectivity index (χ0v) is 12.0. The minimum absolute atomic E-state index is 0.421. The number of nitrogens with zero attached hydrogens (tertiary/aromatic N) is 2. The molecular weight excluding hydrogens is 272 g/mol. The molecule has 0 saturated heterocycles. The Morgan fingerprint density at radius 3 is 2.90 bits per heavy atom. The van der Waals surface area contributed by atoms with Crippen molar-refractivity contribution in [3.8, 4) is 0 Å². The predicted octanol–water partition coefficient (Wildman–Crippen LogP) is 3.45. The predicted molar refractivity (Wildman–Crippen MR) is 81.9 cm³/mol. The van der Waals surface area contributed by atoms with Crippen LogP contribution in [0.1, 0.15) is 36.6 Å². The first-order valence-electron chi connectivity index (χ1n) is 6.68. The van der Waals surface area contributed by atoms with E-state index >= 15 is 0 Å². The van der Waals surface area contributed by atoms with Crippen LogP contribution in [0.3, 0.4) is 0 Å². The molecule has 1 aliphatic rings. The highest BCUT2D eigenvalue weighted by molar-refractivity contribution is 7.80. The van der Waals surface area contributed by atoms with Gasteiger partial charge in [0.2, 0.25) is 0 Å². The van der Waals surface area contributed by atoms with Crippen molar-refractivity contribution in [2.24, 2.45) is 0 Å². The van der Waals surface area contributed by atoms with Crippen molar-refractivity contribution in [2.75, 3.05) is 10.6 Å². The van der Waals surface area contributed by atoms with E-state index in [9.17, 15) is 0 Å². The maximum Gasteiger partial charge on any atom is 0.301 e. The molecule has 2 aromatic rings. The molecule has 2 N–H and O–H groups in total. The minimum atomic E-state index is 0.421. The number of hydrogen-bond acceptors (Lipinski definition) is 4. The first-order valence-corrected chi connectivity index (χ1v) is 7.09. The minimum Gasteiger partial charge on any atom is -0.428 e. The molecule has 1 aliphatic carbocycles. The van der Waals surface area contributed by atoms with Gasteiger partial charge in [0.25, 0.3) is 0 Å². The van der Waals surface area contributed by atoms with E-state index in [-0.39, 0.29) is 0 Å². The molecule has 5 nitrogen and oxygen atoms in total. The van der Waals surface area contributed by atoms with E-state index in [1.165, 1.54) is 19.3 Å². The third-order valence-corrected chi connectivity index (χ3v) is 3.59. The number of nitrogens with one attached hydrogen (secondary N) is 2. The molecular formula is C14H16N4OS. The Kier molecular flexibility index (Phi) is 3.64. The largest absolute Gasteiger partial charge is 0.428 e. The summed E-state index contributed by atoms with van der Waals surface area (Å²) >= 11 is 5.22.